The summed E-state index contributed by atoms with van der Waals surface area (Å²) < 4.78 is 10.7. The molecule has 1 N–H and O–H groups in total. The number of aryl methyl sites for hydroxylation is 3. The molecule has 0 spiro atoms. The number of nitrogens with one attached hydrogen (secondary N) is 1. The summed E-state index contributed by atoms with van der Waals surface area (Å²) in [6.07, 6.45) is 1.85. The van der Waals surface area contributed by atoms with Gasteiger partial charge in [-0.15, -0.1) is 0 Å². The molecule has 0 bridgehead atoms. The number of hydrogen-bond acceptors (Lipinski definition) is 5. The summed E-state index contributed by atoms with van der Waals surface area (Å²) in [6, 6.07) is 9.84. The Labute approximate surface area is 163 Å². The largest absolute Gasteiger partial charge is 0.493 e. The zero-order chi connectivity index (χ0) is 19.6. The molecular formula is C21H22N2O3S. The average Bonchev–Trinajstić information content (AvgIpc) is 2.94. The Balaban J connectivity index is 1.90. The molecule has 1 amide bonds. The van der Waals surface area contributed by atoms with E-state index >= 15 is 0 Å². The number of ether oxygens (including phenoxy) is 2. The van der Waals surface area contributed by atoms with Crippen LogP contribution in [0.2, 0.25) is 0 Å². The minimum absolute atomic E-state index is 0.155. The highest BCUT2D eigenvalue weighted by atomic mass is 32.2. The lowest BCUT2D eigenvalue weighted by atomic mass is 10.1. The van der Waals surface area contributed by atoms with Crippen molar-refractivity contribution in [1.82, 2.24) is 5.32 Å². The lowest BCUT2D eigenvalue weighted by Crippen LogP contribution is -2.19. The van der Waals surface area contributed by atoms with Crippen molar-refractivity contribution in [3.8, 4) is 11.5 Å². The molecule has 3 rings (SSSR count). The number of aliphatic imine (C=N–C) groups is 1. The van der Waals surface area contributed by atoms with E-state index in [-0.39, 0.29) is 5.91 Å². The number of carbonyl (C=O) groups excluding carboxylic acids is 1. The van der Waals surface area contributed by atoms with Crippen LogP contribution in [0.15, 0.2) is 40.2 Å². The highest BCUT2D eigenvalue weighted by Crippen LogP contribution is 2.34. The van der Waals surface area contributed by atoms with Crippen LogP contribution in [0.1, 0.15) is 22.3 Å². The number of nitrogens with zero attached hydrogens (tertiary/aromatic N) is 1. The first-order valence-corrected chi connectivity index (χ1v) is 9.31. The molecule has 1 heterocycles. The summed E-state index contributed by atoms with van der Waals surface area (Å²) >= 11 is 1.33. The smallest absolute Gasteiger partial charge is 0.264 e. The fraction of sp³-hybridized carbons (Fsp3) is 0.238. The standard InChI is InChI=1S/C21H22N2O3S/c1-12-6-13(2)8-16(7-12)22-21-23-20(24)19(27-21)11-15-10-18(26-5)17(25-4)9-14(15)3/h6-11H,1-5H3,(H,22,23,24)/b19-11-. The van der Waals surface area contributed by atoms with Gasteiger partial charge in [0.25, 0.3) is 5.91 Å². The maximum atomic E-state index is 12.4. The van der Waals surface area contributed by atoms with Crippen LogP contribution in [0.3, 0.4) is 0 Å². The highest BCUT2D eigenvalue weighted by molar-refractivity contribution is 8.18. The molecule has 5 nitrogen and oxygen atoms in total. The molecule has 140 valence electrons. The molecule has 0 radical (unpaired) electrons. The SMILES string of the molecule is COc1cc(C)c(/C=C2\SC(=Nc3cc(C)cc(C)c3)NC2=O)cc1OC. The fourth-order valence-electron chi connectivity index (χ4n) is 2.91. The van der Waals surface area contributed by atoms with Gasteiger partial charge in [-0.3, -0.25) is 4.79 Å². The maximum absolute atomic E-state index is 12.4. The third kappa shape index (κ3) is 4.34. The van der Waals surface area contributed by atoms with Crippen molar-refractivity contribution in [2.24, 2.45) is 4.99 Å². The molecule has 1 aliphatic rings. The average molecular weight is 382 g/mol. The second-order valence-electron chi connectivity index (χ2n) is 6.39. The van der Waals surface area contributed by atoms with Crippen LogP contribution in [0.4, 0.5) is 5.69 Å². The number of hydrogen-bond donors (Lipinski definition) is 1. The first-order valence-electron chi connectivity index (χ1n) is 8.50. The van der Waals surface area contributed by atoms with Gasteiger partial charge in [0.1, 0.15) is 0 Å². The summed E-state index contributed by atoms with van der Waals surface area (Å²) in [6.45, 7) is 6.03. The Morgan fingerprint density at radius 1 is 0.963 bits per heavy atom. The van der Waals surface area contributed by atoms with Crippen molar-refractivity contribution in [2.45, 2.75) is 20.8 Å². The van der Waals surface area contributed by atoms with Crippen LogP contribution in [0.25, 0.3) is 6.08 Å². The van der Waals surface area contributed by atoms with Gasteiger partial charge in [0.05, 0.1) is 24.8 Å². The Morgan fingerprint density at radius 2 is 1.59 bits per heavy atom. The van der Waals surface area contributed by atoms with Crippen molar-refractivity contribution in [2.75, 3.05) is 14.2 Å². The molecule has 0 unspecified atom stereocenters. The van der Waals surface area contributed by atoms with Gasteiger partial charge in [-0.2, -0.15) is 0 Å². The number of carbonyl (C=O) groups is 1. The number of thioether (sulfide) groups is 1. The van der Waals surface area contributed by atoms with Gasteiger partial charge < -0.3 is 14.8 Å². The quantitative estimate of drug-likeness (QED) is 0.790. The van der Waals surface area contributed by atoms with Crippen LogP contribution in [0.5, 0.6) is 11.5 Å². The van der Waals surface area contributed by atoms with Crippen molar-refractivity contribution in [3.05, 3.63) is 57.5 Å². The predicted octanol–water partition coefficient (Wildman–Crippen LogP) is 4.52. The Bertz CT molecular complexity index is 944. The summed E-state index contributed by atoms with van der Waals surface area (Å²) in [4.78, 5) is 17.5. The van der Waals surface area contributed by atoms with Gasteiger partial charge in [-0.05, 0) is 85.1 Å². The van der Waals surface area contributed by atoms with Gasteiger partial charge in [0.2, 0.25) is 0 Å². The molecule has 0 saturated carbocycles. The van der Waals surface area contributed by atoms with Gasteiger partial charge in [0.15, 0.2) is 16.7 Å². The first-order chi connectivity index (χ1) is 12.9. The van der Waals surface area contributed by atoms with Crippen molar-refractivity contribution >= 4 is 34.6 Å². The number of benzene rings is 2. The summed E-state index contributed by atoms with van der Waals surface area (Å²) in [5.41, 5.74) is 5.01. The molecule has 0 aromatic heterocycles. The van der Waals surface area contributed by atoms with E-state index in [2.05, 4.69) is 16.4 Å². The molecule has 1 fully saturated rings. The third-order valence-electron chi connectivity index (χ3n) is 4.15. The molecular weight excluding hydrogens is 360 g/mol. The van der Waals surface area contributed by atoms with Crippen LogP contribution in [-0.2, 0) is 4.79 Å². The topological polar surface area (TPSA) is 59.9 Å². The Kier molecular flexibility index (Phi) is 5.56. The van der Waals surface area contributed by atoms with Crippen molar-refractivity contribution in [1.29, 1.82) is 0 Å². The second-order valence-corrected chi connectivity index (χ2v) is 7.42. The van der Waals surface area contributed by atoms with Gasteiger partial charge in [-0.1, -0.05) is 6.07 Å². The molecule has 0 aliphatic carbocycles. The summed E-state index contributed by atoms with van der Waals surface area (Å²) in [5.74, 6) is 1.14. The van der Waals surface area contributed by atoms with E-state index < -0.39 is 0 Å². The lowest BCUT2D eigenvalue weighted by molar-refractivity contribution is -0.115. The van der Waals surface area contributed by atoms with Gasteiger partial charge >= 0.3 is 0 Å². The van der Waals surface area contributed by atoms with Crippen LogP contribution in [-0.4, -0.2) is 25.3 Å². The highest BCUT2D eigenvalue weighted by Gasteiger charge is 2.24. The Hall–Kier alpha value is -2.73. The van der Waals surface area contributed by atoms with E-state index in [1.54, 1.807) is 14.2 Å². The number of amidine groups is 1. The maximum Gasteiger partial charge on any atom is 0.264 e. The van der Waals surface area contributed by atoms with Crippen LogP contribution in [0, 0.1) is 20.8 Å². The molecule has 0 atom stereocenters. The zero-order valence-corrected chi connectivity index (χ0v) is 16.9. The summed E-state index contributed by atoms with van der Waals surface area (Å²) in [7, 11) is 3.20. The predicted molar refractivity (Wildman–Crippen MR) is 111 cm³/mol. The molecule has 27 heavy (non-hydrogen) atoms. The molecule has 2 aromatic rings. The van der Waals surface area contributed by atoms with Crippen LogP contribution < -0.4 is 14.8 Å². The minimum atomic E-state index is -0.155. The van der Waals surface area contributed by atoms with Crippen LogP contribution >= 0.6 is 11.8 Å². The number of amides is 1. The monoisotopic (exact) mass is 382 g/mol. The van der Waals surface area contributed by atoms with Crippen molar-refractivity contribution in [3.63, 3.8) is 0 Å². The normalized spacial score (nSPS) is 16.7. The third-order valence-corrected chi connectivity index (χ3v) is 5.06. The van der Waals surface area contributed by atoms with E-state index in [0.717, 1.165) is 27.9 Å². The lowest BCUT2D eigenvalue weighted by Gasteiger charge is -2.10. The summed E-state index contributed by atoms with van der Waals surface area (Å²) in [5, 5.41) is 3.41. The van der Waals surface area contributed by atoms with E-state index in [1.807, 2.05) is 51.1 Å². The van der Waals surface area contributed by atoms with E-state index in [4.69, 9.17) is 9.47 Å². The first kappa shape index (κ1) is 19.0. The molecule has 2 aromatic carbocycles. The van der Waals surface area contributed by atoms with Gasteiger partial charge in [0, 0.05) is 0 Å². The van der Waals surface area contributed by atoms with Crippen molar-refractivity contribution < 1.29 is 14.3 Å². The fourth-order valence-corrected chi connectivity index (χ4v) is 3.74. The number of methoxy groups -OCH3 is 2. The number of rotatable bonds is 4. The molecule has 1 aliphatic heterocycles. The van der Waals surface area contributed by atoms with E-state index in [0.29, 0.717) is 21.6 Å². The Morgan fingerprint density at radius 3 is 2.22 bits per heavy atom. The second kappa shape index (κ2) is 7.88. The van der Waals surface area contributed by atoms with E-state index in [9.17, 15) is 4.79 Å². The molecule has 1 saturated heterocycles. The van der Waals surface area contributed by atoms with E-state index in [1.165, 1.54) is 11.8 Å². The molecule has 6 heteroatoms. The minimum Gasteiger partial charge on any atom is -0.493 e. The van der Waals surface area contributed by atoms with Gasteiger partial charge in [-0.25, -0.2) is 4.99 Å². The zero-order valence-electron chi connectivity index (χ0n) is 16.0.